The molecule has 0 spiro atoms. The van der Waals surface area contributed by atoms with E-state index in [9.17, 15) is 0 Å². The molecule has 0 atom stereocenters. The van der Waals surface area contributed by atoms with Crippen molar-refractivity contribution in [3.05, 3.63) is 11.3 Å². The molecule has 4 heteroatoms. The van der Waals surface area contributed by atoms with Gasteiger partial charge in [0.05, 0.1) is 5.69 Å². The molecule has 1 aliphatic carbocycles. The summed E-state index contributed by atoms with van der Waals surface area (Å²) in [5, 5.41) is 0. The van der Waals surface area contributed by atoms with E-state index >= 15 is 0 Å². The molecule has 0 saturated carbocycles. The number of rotatable bonds is 0. The second-order valence-corrected chi connectivity index (χ2v) is 4.17. The lowest BCUT2D eigenvalue weighted by atomic mass is 9.87. The van der Waals surface area contributed by atoms with Gasteiger partial charge in [-0.05, 0) is 18.3 Å². The number of fused-ring (bicyclic) bond motifs is 1. The number of anilines is 2. The fraction of sp³-hybridized carbons (Fsp3) is 0.556. The highest BCUT2D eigenvalue weighted by Gasteiger charge is 2.33. The van der Waals surface area contributed by atoms with Crippen LogP contribution >= 0.6 is 0 Å². The maximum absolute atomic E-state index is 5.82. The Morgan fingerprint density at radius 2 is 1.92 bits per heavy atom. The number of nitrogen functional groups attached to an aromatic ring is 2. The van der Waals surface area contributed by atoms with Gasteiger partial charge in [-0.25, -0.2) is 4.98 Å². The van der Waals surface area contributed by atoms with Crippen molar-refractivity contribution in [2.75, 3.05) is 11.5 Å². The van der Waals surface area contributed by atoms with E-state index in [1.54, 1.807) is 0 Å². The van der Waals surface area contributed by atoms with Crippen LogP contribution in [0.3, 0.4) is 0 Å². The van der Waals surface area contributed by atoms with E-state index in [-0.39, 0.29) is 11.4 Å². The van der Waals surface area contributed by atoms with Gasteiger partial charge in [-0.2, -0.15) is 4.98 Å². The van der Waals surface area contributed by atoms with Gasteiger partial charge in [0.15, 0.2) is 0 Å². The van der Waals surface area contributed by atoms with Gasteiger partial charge in [0, 0.05) is 5.56 Å². The van der Waals surface area contributed by atoms with Crippen LogP contribution in [0.2, 0.25) is 0 Å². The number of aryl methyl sites for hydroxylation is 1. The van der Waals surface area contributed by atoms with Gasteiger partial charge < -0.3 is 11.5 Å². The minimum Gasteiger partial charge on any atom is -0.383 e. The van der Waals surface area contributed by atoms with Crippen molar-refractivity contribution in [1.29, 1.82) is 0 Å². The lowest BCUT2D eigenvalue weighted by Crippen LogP contribution is -2.16. The van der Waals surface area contributed by atoms with Gasteiger partial charge >= 0.3 is 0 Å². The van der Waals surface area contributed by atoms with Gasteiger partial charge in [-0.3, -0.25) is 0 Å². The molecule has 0 amide bonds. The molecular weight excluding hydrogens is 164 g/mol. The maximum atomic E-state index is 5.82. The first-order chi connectivity index (χ1) is 6.00. The topological polar surface area (TPSA) is 77.8 Å². The highest BCUT2D eigenvalue weighted by Crippen LogP contribution is 2.40. The molecule has 2 rings (SSSR count). The van der Waals surface area contributed by atoms with E-state index < -0.39 is 0 Å². The van der Waals surface area contributed by atoms with Crippen LogP contribution in [-0.2, 0) is 11.8 Å². The van der Waals surface area contributed by atoms with Crippen molar-refractivity contribution in [2.45, 2.75) is 32.1 Å². The van der Waals surface area contributed by atoms with Crippen molar-refractivity contribution in [3.63, 3.8) is 0 Å². The Labute approximate surface area is 77.4 Å². The molecule has 1 heterocycles. The molecule has 0 aliphatic heterocycles. The van der Waals surface area contributed by atoms with E-state index in [1.807, 2.05) is 0 Å². The van der Waals surface area contributed by atoms with Crippen molar-refractivity contribution in [2.24, 2.45) is 0 Å². The fourth-order valence-electron chi connectivity index (χ4n) is 2.02. The predicted octanol–water partition coefficient (Wildman–Crippen LogP) is 0.865. The van der Waals surface area contributed by atoms with Crippen LogP contribution in [0.1, 0.15) is 31.5 Å². The van der Waals surface area contributed by atoms with Crippen molar-refractivity contribution >= 4 is 11.8 Å². The first-order valence-electron chi connectivity index (χ1n) is 4.43. The molecule has 4 nitrogen and oxygen atoms in total. The fourth-order valence-corrected chi connectivity index (χ4v) is 2.02. The quantitative estimate of drug-likeness (QED) is 0.617. The Morgan fingerprint density at radius 3 is 2.62 bits per heavy atom. The van der Waals surface area contributed by atoms with Crippen molar-refractivity contribution in [3.8, 4) is 0 Å². The molecule has 0 bridgehead atoms. The average Bonchev–Trinajstić information content (AvgIpc) is 2.26. The summed E-state index contributed by atoms with van der Waals surface area (Å²) in [4.78, 5) is 8.18. The van der Waals surface area contributed by atoms with Gasteiger partial charge in [0.1, 0.15) is 5.82 Å². The number of hydrogen-bond acceptors (Lipinski definition) is 4. The van der Waals surface area contributed by atoms with Crippen molar-refractivity contribution < 1.29 is 0 Å². The van der Waals surface area contributed by atoms with E-state index in [2.05, 4.69) is 23.8 Å². The Balaban J connectivity index is 2.65. The van der Waals surface area contributed by atoms with Crippen molar-refractivity contribution in [1.82, 2.24) is 9.97 Å². The Bertz CT molecular complexity index is 357. The first kappa shape index (κ1) is 8.29. The SMILES string of the molecule is CC1(C)CCc2nc(N)nc(N)c21. The molecule has 0 fully saturated rings. The van der Waals surface area contributed by atoms with Crippen LogP contribution in [0.15, 0.2) is 0 Å². The van der Waals surface area contributed by atoms with Gasteiger partial charge in [0.2, 0.25) is 5.95 Å². The molecule has 0 saturated heterocycles. The minimum atomic E-state index is 0.104. The van der Waals surface area contributed by atoms with Gasteiger partial charge in [-0.1, -0.05) is 13.8 Å². The largest absolute Gasteiger partial charge is 0.383 e. The summed E-state index contributed by atoms with van der Waals surface area (Å²) in [5.74, 6) is 0.832. The molecular formula is C9H14N4. The summed E-state index contributed by atoms with van der Waals surface area (Å²) in [7, 11) is 0. The molecule has 4 N–H and O–H groups in total. The predicted molar refractivity (Wildman–Crippen MR) is 52.2 cm³/mol. The van der Waals surface area contributed by atoms with Crippen LogP contribution < -0.4 is 11.5 Å². The van der Waals surface area contributed by atoms with E-state index in [1.165, 1.54) is 0 Å². The van der Waals surface area contributed by atoms with E-state index in [0.29, 0.717) is 5.82 Å². The summed E-state index contributed by atoms with van der Waals surface area (Å²) in [6, 6.07) is 0. The molecule has 0 unspecified atom stereocenters. The Morgan fingerprint density at radius 1 is 1.23 bits per heavy atom. The second-order valence-electron chi connectivity index (χ2n) is 4.17. The van der Waals surface area contributed by atoms with Crippen LogP contribution in [0.5, 0.6) is 0 Å². The Kier molecular flexibility index (Phi) is 1.49. The Hall–Kier alpha value is -1.32. The summed E-state index contributed by atoms with van der Waals surface area (Å²) < 4.78 is 0. The third-order valence-corrected chi connectivity index (χ3v) is 2.69. The van der Waals surface area contributed by atoms with Crippen LogP contribution in [0.4, 0.5) is 11.8 Å². The van der Waals surface area contributed by atoms with Crippen LogP contribution in [0, 0.1) is 0 Å². The second kappa shape index (κ2) is 2.34. The molecule has 1 aromatic heterocycles. The van der Waals surface area contributed by atoms with Gasteiger partial charge in [0.25, 0.3) is 0 Å². The standard InChI is InChI=1S/C9H14N4/c1-9(2)4-3-5-6(9)7(10)13-8(11)12-5/h3-4H2,1-2H3,(H4,10,11,12,13). The molecule has 70 valence electrons. The molecule has 0 aromatic carbocycles. The van der Waals surface area contributed by atoms with E-state index in [0.717, 1.165) is 24.1 Å². The highest BCUT2D eigenvalue weighted by atomic mass is 15.0. The lowest BCUT2D eigenvalue weighted by Gasteiger charge is -2.19. The zero-order valence-electron chi connectivity index (χ0n) is 7.96. The first-order valence-corrected chi connectivity index (χ1v) is 4.43. The minimum absolute atomic E-state index is 0.104. The normalized spacial score (nSPS) is 18.6. The molecule has 0 radical (unpaired) electrons. The molecule has 13 heavy (non-hydrogen) atoms. The lowest BCUT2D eigenvalue weighted by molar-refractivity contribution is 0.523. The highest BCUT2D eigenvalue weighted by molar-refractivity contribution is 5.52. The third kappa shape index (κ3) is 1.13. The number of aromatic nitrogens is 2. The number of hydrogen-bond donors (Lipinski definition) is 2. The summed E-state index contributed by atoms with van der Waals surface area (Å²) in [6.45, 7) is 4.32. The average molecular weight is 178 g/mol. The summed E-state index contributed by atoms with van der Waals surface area (Å²) in [5.41, 5.74) is 13.5. The van der Waals surface area contributed by atoms with Crippen LogP contribution in [0.25, 0.3) is 0 Å². The zero-order valence-corrected chi connectivity index (χ0v) is 7.96. The summed E-state index contributed by atoms with van der Waals surface area (Å²) in [6.07, 6.45) is 2.03. The number of nitrogens with zero attached hydrogens (tertiary/aromatic N) is 2. The zero-order chi connectivity index (χ0) is 9.64. The third-order valence-electron chi connectivity index (χ3n) is 2.69. The number of nitrogens with two attached hydrogens (primary N) is 2. The van der Waals surface area contributed by atoms with Crippen LogP contribution in [-0.4, -0.2) is 9.97 Å². The van der Waals surface area contributed by atoms with Gasteiger partial charge in [-0.15, -0.1) is 0 Å². The molecule has 1 aliphatic rings. The summed E-state index contributed by atoms with van der Waals surface area (Å²) >= 11 is 0. The maximum Gasteiger partial charge on any atom is 0.222 e. The molecule has 1 aromatic rings. The van der Waals surface area contributed by atoms with E-state index in [4.69, 9.17) is 11.5 Å². The monoisotopic (exact) mass is 178 g/mol. The smallest absolute Gasteiger partial charge is 0.222 e.